The Hall–Kier alpha value is -5.42. The Morgan fingerprint density at radius 1 is 0.625 bits per heavy atom. The maximum atomic E-state index is 5.23. The molecule has 0 amide bonds. The van der Waals surface area contributed by atoms with E-state index in [2.05, 4.69) is 113 Å². The Morgan fingerprint density at radius 2 is 1.45 bits per heavy atom. The van der Waals surface area contributed by atoms with Crippen LogP contribution in [0.15, 0.2) is 132 Å². The fourth-order valence-corrected chi connectivity index (χ4v) is 5.76. The van der Waals surface area contributed by atoms with Crippen molar-refractivity contribution in [3.05, 3.63) is 128 Å². The quantitative estimate of drug-likeness (QED) is 0.235. The van der Waals surface area contributed by atoms with Crippen LogP contribution in [0.25, 0.3) is 72.3 Å². The van der Waals surface area contributed by atoms with Crippen molar-refractivity contribution in [3.63, 3.8) is 0 Å². The predicted octanol–water partition coefficient (Wildman–Crippen LogP) is 8.66. The predicted molar refractivity (Wildman–Crippen MR) is 161 cm³/mol. The van der Waals surface area contributed by atoms with Crippen LogP contribution in [-0.4, -0.2) is 19.1 Å². The first-order valence-electron chi connectivity index (χ1n) is 13.3. The number of benzene rings is 4. The molecule has 8 aromatic rings. The van der Waals surface area contributed by atoms with E-state index < -0.39 is 0 Å². The van der Waals surface area contributed by atoms with Gasteiger partial charge in [-0.25, -0.2) is 4.98 Å². The van der Waals surface area contributed by atoms with E-state index in [1.165, 1.54) is 16.3 Å². The number of nitrogens with zero attached hydrogens (tertiary/aromatic N) is 4. The molecule has 40 heavy (non-hydrogen) atoms. The zero-order chi connectivity index (χ0) is 26.6. The van der Waals surface area contributed by atoms with Gasteiger partial charge in [0, 0.05) is 52.0 Å². The van der Waals surface area contributed by atoms with Crippen molar-refractivity contribution < 1.29 is 4.42 Å². The topological polar surface area (TPSA) is 48.8 Å². The van der Waals surface area contributed by atoms with E-state index in [1.807, 2.05) is 18.3 Å². The summed E-state index contributed by atoms with van der Waals surface area (Å²) in [5, 5.41) is 2.44. The Kier molecular flexibility index (Phi) is 4.97. The van der Waals surface area contributed by atoms with Crippen LogP contribution in [0.4, 0.5) is 0 Å². The summed E-state index contributed by atoms with van der Waals surface area (Å²) in [6.07, 6.45) is 5.32. The minimum absolute atomic E-state index is 0.926. The fraction of sp³-hybridized carbons (Fsp3) is 0.0286. The molecule has 4 heterocycles. The normalized spacial score (nSPS) is 11.6. The van der Waals surface area contributed by atoms with Gasteiger partial charge in [-0.05, 0) is 48.5 Å². The van der Waals surface area contributed by atoms with E-state index >= 15 is 0 Å². The molecule has 0 spiro atoms. The van der Waals surface area contributed by atoms with E-state index in [9.17, 15) is 0 Å². The van der Waals surface area contributed by atoms with Gasteiger partial charge < -0.3 is 13.6 Å². The van der Waals surface area contributed by atoms with Crippen LogP contribution < -0.4 is 0 Å². The highest BCUT2D eigenvalue weighted by Gasteiger charge is 2.16. The lowest BCUT2D eigenvalue weighted by Gasteiger charge is -2.11. The number of aryl methyl sites for hydroxylation is 1. The number of furan rings is 1. The maximum absolute atomic E-state index is 5.23. The van der Waals surface area contributed by atoms with Crippen LogP contribution >= 0.6 is 0 Å². The lowest BCUT2D eigenvalue weighted by molar-refractivity contribution is 0.568. The van der Waals surface area contributed by atoms with Crippen LogP contribution in [0.2, 0.25) is 0 Å². The summed E-state index contributed by atoms with van der Waals surface area (Å²) in [6.45, 7) is 0. The second kappa shape index (κ2) is 8.82. The number of fused-ring (bicyclic) bond motifs is 4. The summed E-state index contributed by atoms with van der Waals surface area (Å²) in [4.78, 5) is 9.74. The van der Waals surface area contributed by atoms with Crippen molar-refractivity contribution in [2.24, 2.45) is 7.05 Å². The number of hydrogen-bond donors (Lipinski definition) is 0. The van der Waals surface area contributed by atoms with Gasteiger partial charge in [0.15, 0.2) is 0 Å². The minimum atomic E-state index is 0.926. The van der Waals surface area contributed by atoms with Gasteiger partial charge in [0.05, 0.1) is 40.3 Å². The average Bonchev–Trinajstić information content (AvgIpc) is 3.74. The van der Waals surface area contributed by atoms with Gasteiger partial charge in [-0.2, -0.15) is 0 Å². The standard InChI is InChI=1S/C35H24N4O/c1-38-33-12-5-3-10-31(33)37-35(38)24-13-15-29-28-9-2-4-11-32(28)39(34(29)20-24)27-8-6-7-23(19-27)30-16-14-25(21-36-30)26-17-18-40-22-26/h2-22H,1H3. The molecule has 0 bridgehead atoms. The molecule has 0 aliphatic carbocycles. The van der Waals surface area contributed by atoms with Crippen LogP contribution in [0.5, 0.6) is 0 Å². The first kappa shape index (κ1) is 22.6. The molecule has 0 atom stereocenters. The summed E-state index contributed by atoms with van der Waals surface area (Å²) in [5.41, 5.74) is 10.7. The highest BCUT2D eigenvalue weighted by atomic mass is 16.3. The molecule has 0 aliphatic rings. The number of para-hydroxylation sites is 3. The number of imidazole rings is 1. The average molecular weight is 517 g/mol. The van der Waals surface area contributed by atoms with E-state index in [-0.39, 0.29) is 0 Å². The van der Waals surface area contributed by atoms with Crippen LogP contribution in [0.1, 0.15) is 0 Å². The summed E-state index contributed by atoms with van der Waals surface area (Å²) >= 11 is 0. The second-order valence-electron chi connectivity index (χ2n) is 10.1. The summed E-state index contributed by atoms with van der Waals surface area (Å²) < 4.78 is 9.75. The first-order chi connectivity index (χ1) is 19.7. The zero-order valence-electron chi connectivity index (χ0n) is 21.8. The van der Waals surface area contributed by atoms with Crippen molar-refractivity contribution in [1.82, 2.24) is 19.1 Å². The van der Waals surface area contributed by atoms with Crippen LogP contribution in [0, 0.1) is 0 Å². The highest BCUT2D eigenvalue weighted by molar-refractivity contribution is 6.10. The smallest absolute Gasteiger partial charge is 0.140 e. The third-order valence-corrected chi connectivity index (χ3v) is 7.74. The van der Waals surface area contributed by atoms with Crippen molar-refractivity contribution in [2.45, 2.75) is 0 Å². The molecule has 0 radical (unpaired) electrons. The molecule has 0 saturated carbocycles. The molecule has 4 aromatic heterocycles. The van der Waals surface area contributed by atoms with Gasteiger partial charge in [0.2, 0.25) is 0 Å². The van der Waals surface area contributed by atoms with Gasteiger partial charge in [-0.3, -0.25) is 4.98 Å². The lowest BCUT2D eigenvalue weighted by atomic mass is 10.1. The second-order valence-corrected chi connectivity index (χ2v) is 10.1. The molecule has 5 heteroatoms. The molecular formula is C35H24N4O. The minimum Gasteiger partial charge on any atom is -0.472 e. The molecule has 0 N–H and O–H groups in total. The van der Waals surface area contributed by atoms with Crippen molar-refractivity contribution in [2.75, 3.05) is 0 Å². The Bertz CT molecular complexity index is 2170. The Balaban J connectivity index is 1.30. The third-order valence-electron chi connectivity index (χ3n) is 7.74. The first-order valence-corrected chi connectivity index (χ1v) is 13.3. The molecule has 0 unspecified atom stereocenters. The Labute approximate surface area is 230 Å². The molecule has 0 fully saturated rings. The van der Waals surface area contributed by atoms with Gasteiger partial charge >= 0.3 is 0 Å². The molecule has 5 nitrogen and oxygen atoms in total. The molecule has 0 saturated heterocycles. The van der Waals surface area contributed by atoms with E-state index in [0.29, 0.717) is 0 Å². The molecule has 8 rings (SSSR count). The molecule has 4 aromatic carbocycles. The number of aromatic nitrogens is 4. The lowest BCUT2D eigenvalue weighted by Crippen LogP contribution is -1.96. The van der Waals surface area contributed by atoms with Gasteiger partial charge in [0.1, 0.15) is 5.82 Å². The number of rotatable bonds is 4. The van der Waals surface area contributed by atoms with E-state index in [1.54, 1.807) is 12.5 Å². The monoisotopic (exact) mass is 516 g/mol. The van der Waals surface area contributed by atoms with Crippen LogP contribution in [0.3, 0.4) is 0 Å². The van der Waals surface area contributed by atoms with E-state index in [4.69, 9.17) is 14.4 Å². The van der Waals surface area contributed by atoms with Crippen molar-refractivity contribution >= 4 is 32.8 Å². The fourth-order valence-electron chi connectivity index (χ4n) is 5.76. The molecule has 0 aliphatic heterocycles. The largest absolute Gasteiger partial charge is 0.472 e. The number of hydrogen-bond acceptors (Lipinski definition) is 3. The zero-order valence-corrected chi connectivity index (χ0v) is 21.8. The molecule has 190 valence electrons. The Morgan fingerprint density at radius 3 is 2.27 bits per heavy atom. The summed E-state index contributed by atoms with van der Waals surface area (Å²) in [7, 11) is 2.08. The summed E-state index contributed by atoms with van der Waals surface area (Å²) in [5.74, 6) is 0.954. The van der Waals surface area contributed by atoms with Gasteiger partial charge in [-0.1, -0.05) is 60.7 Å². The third kappa shape index (κ3) is 3.48. The maximum Gasteiger partial charge on any atom is 0.140 e. The SMILES string of the molecule is Cn1c(-c2ccc3c4ccccc4n(-c4cccc(-c5ccc(-c6ccoc6)cn5)c4)c3c2)nc2ccccc21. The van der Waals surface area contributed by atoms with E-state index in [0.717, 1.165) is 56.0 Å². The molecular weight excluding hydrogens is 492 g/mol. The highest BCUT2D eigenvalue weighted by Crippen LogP contribution is 2.36. The van der Waals surface area contributed by atoms with Crippen molar-refractivity contribution in [1.29, 1.82) is 0 Å². The number of pyridine rings is 1. The van der Waals surface area contributed by atoms with Crippen LogP contribution in [-0.2, 0) is 7.05 Å². The summed E-state index contributed by atoms with van der Waals surface area (Å²) in [6, 6.07) is 38.2. The van der Waals surface area contributed by atoms with Gasteiger partial charge in [-0.15, -0.1) is 0 Å². The van der Waals surface area contributed by atoms with Crippen molar-refractivity contribution in [3.8, 4) is 39.5 Å². The van der Waals surface area contributed by atoms with Gasteiger partial charge in [0.25, 0.3) is 0 Å².